The van der Waals surface area contributed by atoms with Crippen LogP contribution in [0.2, 0.25) is 0 Å². The maximum Gasteiger partial charge on any atom is 0.357 e. The van der Waals surface area contributed by atoms with Gasteiger partial charge in [-0.3, -0.25) is 4.79 Å². The van der Waals surface area contributed by atoms with Crippen LogP contribution in [-0.4, -0.2) is 34.7 Å². The number of carbonyl (C=O) groups excluding carboxylic acids is 2. The van der Waals surface area contributed by atoms with E-state index in [9.17, 15) is 9.59 Å². The molecule has 0 N–H and O–H groups in total. The van der Waals surface area contributed by atoms with Gasteiger partial charge in [0.2, 0.25) is 0 Å². The van der Waals surface area contributed by atoms with Gasteiger partial charge in [-0.1, -0.05) is 34.1 Å². The minimum atomic E-state index is -0.389. The van der Waals surface area contributed by atoms with E-state index < -0.39 is 0 Å². The third kappa shape index (κ3) is 3.14. The first kappa shape index (κ1) is 12.3. The van der Waals surface area contributed by atoms with Crippen molar-refractivity contribution >= 4 is 27.7 Å². The molecular formula is C12H12BrNO3. The van der Waals surface area contributed by atoms with Gasteiger partial charge in [0.05, 0.1) is 16.9 Å². The summed E-state index contributed by atoms with van der Waals surface area (Å²) in [7, 11) is 0. The third-order valence-corrected chi connectivity index (χ3v) is 3.34. The molecule has 0 aliphatic carbocycles. The smallest absolute Gasteiger partial charge is 0.357 e. The van der Waals surface area contributed by atoms with Crippen molar-refractivity contribution in [2.24, 2.45) is 0 Å². The Balaban J connectivity index is 1.94. The van der Waals surface area contributed by atoms with E-state index in [1.54, 1.807) is 24.3 Å². The third-order valence-electron chi connectivity index (χ3n) is 2.54. The minimum absolute atomic E-state index is 0.150. The highest BCUT2D eigenvalue weighted by Crippen LogP contribution is 2.15. The van der Waals surface area contributed by atoms with Crippen molar-refractivity contribution < 1.29 is 14.4 Å². The lowest BCUT2D eigenvalue weighted by Gasteiger charge is -2.27. The number of carbonyl (C=O) groups is 2. The van der Waals surface area contributed by atoms with Crippen LogP contribution < -0.4 is 0 Å². The van der Waals surface area contributed by atoms with E-state index in [-0.39, 0.29) is 16.6 Å². The summed E-state index contributed by atoms with van der Waals surface area (Å²) < 4.78 is 0. The summed E-state index contributed by atoms with van der Waals surface area (Å²) >= 11 is 3.26. The standard InChI is InChI=1S/C12H12BrNO3/c13-10-8-14(7-6-11(10)15)17-12(16)9-4-2-1-3-5-9/h1-5,10H,6-8H2. The second kappa shape index (κ2) is 5.42. The topological polar surface area (TPSA) is 46.6 Å². The Labute approximate surface area is 108 Å². The predicted octanol–water partition coefficient (Wildman–Crippen LogP) is 1.80. The highest BCUT2D eigenvalue weighted by molar-refractivity contribution is 9.10. The average molecular weight is 298 g/mol. The number of halogens is 1. The Kier molecular flexibility index (Phi) is 3.91. The largest absolute Gasteiger partial charge is 0.364 e. The van der Waals surface area contributed by atoms with Crippen molar-refractivity contribution in [1.29, 1.82) is 0 Å². The summed E-state index contributed by atoms with van der Waals surface area (Å²) in [5.74, 6) is -0.239. The molecule has 1 fully saturated rings. The second-order valence-electron chi connectivity index (χ2n) is 3.82. The van der Waals surface area contributed by atoms with Gasteiger partial charge in [-0.25, -0.2) is 4.79 Å². The van der Waals surface area contributed by atoms with Gasteiger partial charge < -0.3 is 4.84 Å². The number of alkyl halides is 1. The van der Waals surface area contributed by atoms with Crippen molar-refractivity contribution in [2.45, 2.75) is 11.2 Å². The van der Waals surface area contributed by atoms with E-state index in [1.807, 2.05) is 6.07 Å². The molecule has 1 atom stereocenters. The Morgan fingerprint density at radius 3 is 2.71 bits per heavy atom. The molecule has 0 bridgehead atoms. The van der Waals surface area contributed by atoms with Crippen LogP contribution in [0.15, 0.2) is 30.3 Å². The highest BCUT2D eigenvalue weighted by atomic mass is 79.9. The molecule has 1 aromatic rings. The van der Waals surface area contributed by atoms with E-state index >= 15 is 0 Å². The molecule has 0 amide bonds. The zero-order valence-electron chi connectivity index (χ0n) is 9.14. The molecule has 1 aromatic carbocycles. The summed E-state index contributed by atoms with van der Waals surface area (Å²) in [5.41, 5.74) is 0.510. The number of Topliss-reactive ketones (excluding diaryl/α,β-unsaturated/α-hetero) is 1. The van der Waals surface area contributed by atoms with Crippen LogP contribution >= 0.6 is 15.9 Å². The quantitative estimate of drug-likeness (QED) is 0.781. The number of nitrogens with zero attached hydrogens (tertiary/aromatic N) is 1. The monoisotopic (exact) mass is 297 g/mol. The lowest BCUT2D eigenvalue weighted by Crippen LogP contribution is -2.42. The van der Waals surface area contributed by atoms with Crippen molar-refractivity contribution in [1.82, 2.24) is 5.06 Å². The molecule has 0 aromatic heterocycles. The highest BCUT2D eigenvalue weighted by Gasteiger charge is 2.27. The normalized spacial score (nSPS) is 21.2. The lowest BCUT2D eigenvalue weighted by molar-refractivity contribution is -0.140. The fourth-order valence-electron chi connectivity index (χ4n) is 1.59. The Morgan fingerprint density at radius 2 is 2.06 bits per heavy atom. The average Bonchev–Trinajstić information content (AvgIpc) is 2.35. The lowest BCUT2D eigenvalue weighted by atomic mass is 10.1. The van der Waals surface area contributed by atoms with Crippen LogP contribution in [0, 0.1) is 0 Å². The summed E-state index contributed by atoms with van der Waals surface area (Å²) in [6, 6.07) is 8.80. The van der Waals surface area contributed by atoms with Crippen molar-refractivity contribution in [3.8, 4) is 0 Å². The summed E-state index contributed by atoms with van der Waals surface area (Å²) in [4.78, 5) is 28.0. The molecule has 1 saturated heterocycles. The van der Waals surface area contributed by atoms with Crippen LogP contribution in [0.4, 0.5) is 0 Å². The van der Waals surface area contributed by atoms with Crippen molar-refractivity contribution in [2.75, 3.05) is 13.1 Å². The number of hydrogen-bond acceptors (Lipinski definition) is 4. The summed E-state index contributed by atoms with van der Waals surface area (Å²) in [6.45, 7) is 0.858. The number of ketones is 1. The van der Waals surface area contributed by atoms with Gasteiger partial charge in [0.25, 0.3) is 0 Å². The van der Waals surface area contributed by atoms with Crippen LogP contribution in [0.25, 0.3) is 0 Å². The number of hydroxylamine groups is 2. The molecule has 4 nitrogen and oxygen atoms in total. The van der Waals surface area contributed by atoms with E-state index in [0.717, 1.165) is 0 Å². The van der Waals surface area contributed by atoms with Crippen LogP contribution in [-0.2, 0) is 9.63 Å². The van der Waals surface area contributed by atoms with Crippen molar-refractivity contribution in [3.05, 3.63) is 35.9 Å². The van der Waals surface area contributed by atoms with E-state index in [4.69, 9.17) is 4.84 Å². The summed E-state index contributed by atoms with van der Waals surface area (Å²) in [5, 5.41) is 1.52. The van der Waals surface area contributed by atoms with E-state index in [0.29, 0.717) is 25.1 Å². The number of benzene rings is 1. The molecule has 2 rings (SSSR count). The van der Waals surface area contributed by atoms with E-state index in [1.165, 1.54) is 5.06 Å². The Morgan fingerprint density at radius 1 is 1.35 bits per heavy atom. The molecule has 1 unspecified atom stereocenters. The van der Waals surface area contributed by atoms with Crippen molar-refractivity contribution in [3.63, 3.8) is 0 Å². The summed E-state index contributed by atoms with van der Waals surface area (Å²) in [6.07, 6.45) is 0.401. The SMILES string of the molecule is O=C(ON1CCC(=O)C(Br)C1)c1ccccc1. The predicted molar refractivity (Wildman–Crippen MR) is 65.8 cm³/mol. The van der Waals surface area contributed by atoms with Gasteiger partial charge in [0, 0.05) is 13.0 Å². The zero-order chi connectivity index (χ0) is 12.3. The number of hydrogen-bond donors (Lipinski definition) is 0. The van der Waals surface area contributed by atoms with Gasteiger partial charge in [-0.15, -0.1) is 5.06 Å². The zero-order valence-corrected chi connectivity index (χ0v) is 10.7. The maximum atomic E-state index is 11.7. The Hall–Kier alpha value is -1.20. The first-order valence-corrected chi connectivity index (χ1v) is 6.27. The first-order chi connectivity index (χ1) is 8.16. The van der Waals surface area contributed by atoms with Crippen LogP contribution in [0.1, 0.15) is 16.8 Å². The molecule has 0 spiro atoms. The molecule has 0 saturated carbocycles. The molecule has 5 heteroatoms. The molecule has 1 heterocycles. The second-order valence-corrected chi connectivity index (χ2v) is 4.92. The molecule has 1 aliphatic rings. The fraction of sp³-hybridized carbons (Fsp3) is 0.333. The molecule has 0 radical (unpaired) electrons. The van der Waals surface area contributed by atoms with Crippen LogP contribution in [0.3, 0.4) is 0 Å². The van der Waals surface area contributed by atoms with Gasteiger partial charge >= 0.3 is 5.97 Å². The molecule has 17 heavy (non-hydrogen) atoms. The molecule has 90 valence electrons. The van der Waals surface area contributed by atoms with Gasteiger partial charge in [0.15, 0.2) is 0 Å². The fourth-order valence-corrected chi connectivity index (χ4v) is 2.14. The Bertz CT molecular complexity index is 421. The van der Waals surface area contributed by atoms with Gasteiger partial charge in [0.1, 0.15) is 5.78 Å². The number of rotatable bonds is 2. The maximum absolute atomic E-state index is 11.7. The van der Waals surface area contributed by atoms with Crippen LogP contribution in [0.5, 0.6) is 0 Å². The van der Waals surface area contributed by atoms with Gasteiger partial charge in [-0.05, 0) is 12.1 Å². The molecule has 1 aliphatic heterocycles. The first-order valence-electron chi connectivity index (χ1n) is 5.36. The molecular weight excluding hydrogens is 286 g/mol. The minimum Gasteiger partial charge on any atom is -0.364 e. The number of piperidine rings is 1. The van der Waals surface area contributed by atoms with E-state index in [2.05, 4.69) is 15.9 Å². The van der Waals surface area contributed by atoms with Gasteiger partial charge in [-0.2, -0.15) is 0 Å².